The fourth-order valence-electron chi connectivity index (χ4n) is 3.53. The Morgan fingerprint density at radius 1 is 1.24 bits per heavy atom. The molecule has 0 aliphatic carbocycles. The first-order chi connectivity index (χ1) is 10.1. The molecule has 1 saturated heterocycles. The van der Waals surface area contributed by atoms with Gasteiger partial charge < -0.3 is 9.84 Å². The number of likely N-dealkylation sites (tertiary alicyclic amines) is 1. The summed E-state index contributed by atoms with van der Waals surface area (Å²) in [5.74, 6) is 1.23. The lowest BCUT2D eigenvalue weighted by atomic mass is 9.90. The topological polar surface area (TPSA) is 32.7 Å². The molecule has 1 aliphatic rings. The van der Waals surface area contributed by atoms with Crippen LogP contribution in [0.2, 0.25) is 0 Å². The summed E-state index contributed by atoms with van der Waals surface area (Å²) in [6, 6.07) is 4.67. The van der Waals surface area contributed by atoms with Crippen LogP contribution >= 0.6 is 0 Å². The van der Waals surface area contributed by atoms with Crippen LogP contribution in [0.5, 0.6) is 5.75 Å². The Morgan fingerprint density at radius 2 is 1.90 bits per heavy atom. The Bertz CT molecular complexity index is 467. The molecule has 0 spiro atoms. The molecule has 1 aromatic carbocycles. The summed E-state index contributed by atoms with van der Waals surface area (Å²) in [5.41, 5.74) is 3.71. The third-order valence-electron chi connectivity index (χ3n) is 4.42. The first-order valence-corrected chi connectivity index (χ1v) is 8.17. The number of ether oxygens (including phenoxy) is 1. The highest BCUT2D eigenvalue weighted by Gasteiger charge is 2.30. The molecule has 118 valence electrons. The Kier molecular flexibility index (Phi) is 5.65. The van der Waals surface area contributed by atoms with Gasteiger partial charge in [-0.3, -0.25) is 4.90 Å². The van der Waals surface area contributed by atoms with Crippen LogP contribution < -0.4 is 4.74 Å². The van der Waals surface area contributed by atoms with Crippen molar-refractivity contribution in [1.82, 2.24) is 4.90 Å². The quantitative estimate of drug-likeness (QED) is 0.871. The second-order valence-corrected chi connectivity index (χ2v) is 6.28. The van der Waals surface area contributed by atoms with E-state index < -0.39 is 0 Å². The van der Waals surface area contributed by atoms with Gasteiger partial charge in [0.25, 0.3) is 0 Å². The smallest absolute Gasteiger partial charge is 0.126 e. The van der Waals surface area contributed by atoms with E-state index >= 15 is 0 Å². The summed E-state index contributed by atoms with van der Waals surface area (Å²) in [5, 5.41) is 9.72. The maximum atomic E-state index is 9.72. The van der Waals surface area contributed by atoms with Crippen molar-refractivity contribution in [2.45, 2.75) is 46.6 Å². The number of aliphatic hydroxyl groups excluding tert-OH is 1. The van der Waals surface area contributed by atoms with Gasteiger partial charge in [-0.1, -0.05) is 24.6 Å². The van der Waals surface area contributed by atoms with Crippen molar-refractivity contribution in [1.29, 1.82) is 0 Å². The van der Waals surface area contributed by atoms with Crippen molar-refractivity contribution in [2.75, 3.05) is 26.3 Å². The van der Waals surface area contributed by atoms with Gasteiger partial charge in [0.05, 0.1) is 6.61 Å². The minimum absolute atomic E-state index is 0.208. The highest BCUT2D eigenvalue weighted by molar-refractivity contribution is 5.46. The van der Waals surface area contributed by atoms with Crippen LogP contribution in [0, 0.1) is 19.8 Å². The van der Waals surface area contributed by atoms with Crippen LogP contribution in [0.4, 0.5) is 0 Å². The fraction of sp³-hybridized carbons (Fsp3) is 0.667. The Morgan fingerprint density at radius 3 is 2.48 bits per heavy atom. The predicted octanol–water partition coefficient (Wildman–Crippen LogP) is 3.47. The summed E-state index contributed by atoms with van der Waals surface area (Å²) in [6.45, 7) is 11.5. The van der Waals surface area contributed by atoms with Crippen LogP contribution in [0.3, 0.4) is 0 Å². The number of nitrogens with zero attached hydrogens (tertiary/aromatic N) is 1. The second kappa shape index (κ2) is 7.28. The third-order valence-corrected chi connectivity index (χ3v) is 4.42. The Balaban J connectivity index is 2.47. The molecule has 0 aromatic heterocycles. The average Bonchev–Trinajstić information content (AvgIpc) is 2.96. The molecule has 0 bridgehead atoms. The van der Waals surface area contributed by atoms with Crippen molar-refractivity contribution in [2.24, 2.45) is 5.92 Å². The fourth-order valence-corrected chi connectivity index (χ4v) is 3.53. The zero-order valence-corrected chi connectivity index (χ0v) is 13.9. The molecule has 1 N–H and O–H groups in total. The SMILES string of the molecule is CCOc1c(C)cc(C)cc1C(C(C)CO)N1CCCC1. The maximum absolute atomic E-state index is 9.72. The lowest BCUT2D eigenvalue weighted by Gasteiger charge is -2.34. The van der Waals surface area contributed by atoms with E-state index in [0.29, 0.717) is 6.61 Å². The highest BCUT2D eigenvalue weighted by Crippen LogP contribution is 2.39. The summed E-state index contributed by atoms with van der Waals surface area (Å²) in [4.78, 5) is 2.51. The van der Waals surface area contributed by atoms with Crippen LogP contribution in [-0.2, 0) is 0 Å². The standard InChI is InChI=1S/C18H29NO2/c1-5-21-18-14(3)10-13(2)11-16(18)17(15(4)12-20)19-8-6-7-9-19/h10-11,15,17,20H,5-9,12H2,1-4H3. The van der Waals surface area contributed by atoms with Crippen molar-refractivity contribution in [3.63, 3.8) is 0 Å². The van der Waals surface area contributed by atoms with Gasteiger partial charge in [0.2, 0.25) is 0 Å². The van der Waals surface area contributed by atoms with Crippen LogP contribution in [0.1, 0.15) is 49.4 Å². The number of hydrogen-bond acceptors (Lipinski definition) is 3. The molecule has 0 amide bonds. The molecule has 1 aromatic rings. The van der Waals surface area contributed by atoms with E-state index in [0.717, 1.165) is 18.8 Å². The van der Waals surface area contributed by atoms with Gasteiger partial charge in [-0.15, -0.1) is 0 Å². The first-order valence-electron chi connectivity index (χ1n) is 8.17. The average molecular weight is 291 g/mol. The van der Waals surface area contributed by atoms with Gasteiger partial charge in [0, 0.05) is 18.2 Å². The van der Waals surface area contributed by atoms with Gasteiger partial charge in [-0.05, 0) is 58.2 Å². The second-order valence-electron chi connectivity index (χ2n) is 6.28. The number of aryl methyl sites for hydroxylation is 2. The van der Waals surface area contributed by atoms with E-state index in [1.165, 1.54) is 29.5 Å². The summed E-state index contributed by atoms with van der Waals surface area (Å²) < 4.78 is 5.95. The molecule has 2 atom stereocenters. The molecule has 1 fully saturated rings. The molecule has 2 rings (SSSR count). The molecular weight excluding hydrogens is 262 g/mol. The molecule has 3 heteroatoms. The zero-order valence-electron chi connectivity index (χ0n) is 13.9. The number of hydrogen-bond donors (Lipinski definition) is 1. The minimum atomic E-state index is 0.208. The summed E-state index contributed by atoms with van der Waals surface area (Å²) >= 11 is 0. The van der Waals surface area contributed by atoms with Crippen LogP contribution in [0.25, 0.3) is 0 Å². The minimum Gasteiger partial charge on any atom is -0.493 e. The summed E-state index contributed by atoms with van der Waals surface area (Å²) in [7, 11) is 0. The maximum Gasteiger partial charge on any atom is 0.126 e. The van der Waals surface area contributed by atoms with E-state index in [2.05, 4.69) is 37.8 Å². The third kappa shape index (κ3) is 3.58. The van der Waals surface area contributed by atoms with E-state index in [4.69, 9.17) is 4.74 Å². The molecule has 1 aliphatic heterocycles. The summed E-state index contributed by atoms with van der Waals surface area (Å²) in [6.07, 6.45) is 2.51. The zero-order chi connectivity index (χ0) is 15.4. The van der Waals surface area contributed by atoms with Gasteiger partial charge in [0.1, 0.15) is 5.75 Å². The van der Waals surface area contributed by atoms with Crippen LogP contribution in [-0.4, -0.2) is 36.3 Å². The first kappa shape index (κ1) is 16.3. The highest BCUT2D eigenvalue weighted by atomic mass is 16.5. The van der Waals surface area contributed by atoms with E-state index in [1.54, 1.807) is 0 Å². The van der Waals surface area contributed by atoms with Crippen LogP contribution in [0.15, 0.2) is 12.1 Å². The molecule has 3 nitrogen and oxygen atoms in total. The molecule has 21 heavy (non-hydrogen) atoms. The van der Waals surface area contributed by atoms with Gasteiger partial charge in [0.15, 0.2) is 0 Å². The molecule has 2 unspecified atom stereocenters. The predicted molar refractivity (Wildman–Crippen MR) is 86.9 cm³/mol. The molecule has 1 heterocycles. The normalized spacial score (nSPS) is 18.7. The largest absolute Gasteiger partial charge is 0.493 e. The van der Waals surface area contributed by atoms with E-state index in [-0.39, 0.29) is 18.6 Å². The van der Waals surface area contributed by atoms with E-state index in [1.807, 2.05) is 6.92 Å². The lowest BCUT2D eigenvalue weighted by molar-refractivity contribution is 0.123. The Labute approximate surface area is 128 Å². The Hall–Kier alpha value is -1.06. The van der Waals surface area contributed by atoms with Crippen molar-refractivity contribution >= 4 is 0 Å². The van der Waals surface area contributed by atoms with Gasteiger partial charge in [-0.25, -0.2) is 0 Å². The van der Waals surface area contributed by atoms with Gasteiger partial charge in [-0.2, -0.15) is 0 Å². The van der Waals surface area contributed by atoms with Gasteiger partial charge >= 0.3 is 0 Å². The van der Waals surface area contributed by atoms with Crippen molar-refractivity contribution in [3.8, 4) is 5.75 Å². The number of aliphatic hydroxyl groups is 1. The molecule has 0 saturated carbocycles. The van der Waals surface area contributed by atoms with Crippen molar-refractivity contribution in [3.05, 3.63) is 28.8 Å². The lowest BCUT2D eigenvalue weighted by Crippen LogP contribution is -2.32. The monoisotopic (exact) mass is 291 g/mol. The van der Waals surface area contributed by atoms with Crippen molar-refractivity contribution < 1.29 is 9.84 Å². The number of benzene rings is 1. The molecule has 0 radical (unpaired) electrons. The molecular formula is C18H29NO2. The number of rotatable bonds is 6. The van der Waals surface area contributed by atoms with E-state index in [9.17, 15) is 5.11 Å².